The van der Waals surface area contributed by atoms with Crippen molar-refractivity contribution < 1.29 is 13.3 Å². The number of rotatable bonds is 5. The molecule has 0 saturated carbocycles. The maximum absolute atomic E-state index is 13.5. The van der Waals surface area contributed by atoms with Crippen LogP contribution in [0.5, 0.6) is 0 Å². The lowest BCUT2D eigenvalue weighted by atomic mass is 10.0. The Kier molecular flexibility index (Phi) is 4.84. The number of nitrogens with zero attached hydrogens (tertiary/aromatic N) is 6. The summed E-state index contributed by atoms with van der Waals surface area (Å²) in [7, 11) is 1.70. The zero-order valence-corrected chi connectivity index (χ0v) is 17.4. The second-order valence-electron chi connectivity index (χ2n) is 7.72. The lowest BCUT2D eigenvalue weighted by molar-refractivity contribution is -0.0450. The van der Waals surface area contributed by atoms with Crippen LogP contribution in [0.4, 0.5) is 14.8 Å². The molecule has 1 saturated heterocycles. The van der Waals surface area contributed by atoms with Crippen molar-refractivity contribution in [3.8, 4) is 17.1 Å². The maximum atomic E-state index is 13.5. The van der Waals surface area contributed by atoms with Crippen LogP contribution in [0.25, 0.3) is 33.8 Å². The minimum Gasteiger partial charge on any atom is -0.371 e. The highest BCUT2D eigenvalue weighted by molar-refractivity contribution is 5.82. The number of halogens is 2. The summed E-state index contributed by atoms with van der Waals surface area (Å²) in [6.07, 6.45) is 6.71. The summed E-state index contributed by atoms with van der Waals surface area (Å²) in [5.74, 6) is -2.16. The van der Waals surface area contributed by atoms with E-state index in [0.717, 1.165) is 22.3 Å². The number of nitrogens with one attached hydrogen (secondary N) is 1. The Bertz CT molecular complexity index is 1290. The molecule has 5 heterocycles. The first-order valence-corrected chi connectivity index (χ1v) is 10.2. The normalized spacial score (nSPS) is 15.8. The topological polar surface area (TPSA) is 84.9 Å². The first-order chi connectivity index (χ1) is 15.4. The highest BCUT2D eigenvalue weighted by Crippen LogP contribution is 2.32. The molecule has 1 aliphatic rings. The van der Waals surface area contributed by atoms with E-state index in [1.54, 1.807) is 25.6 Å². The molecule has 10 heteroatoms. The van der Waals surface area contributed by atoms with E-state index in [4.69, 9.17) is 4.52 Å². The summed E-state index contributed by atoms with van der Waals surface area (Å²) in [5, 5.41) is 7.66. The third-order valence-corrected chi connectivity index (χ3v) is 5.64. The molecule has 164 valence electrons. The van der Waals surface area contributed by atoms with E-state index in [-0.39, 0.29) is 25.9 Å². The predicted octanol–water partition coefficient (Wildman–Crippen LogP) is 4.21. The van der Waals surface area contributed by atoms with Crippen LogP contribution < -0.4 is 5.32 Å². The largest absolute Gasteiger partial charge is 0.371 e. The molecule has 32 heavy (non-hydrogen) atoms. The van der Waals surface area contributed by atoms with Gasteiger partial charge in [0, 0.05) is 73.8 Å². The van der Waals surface area contributed by atoms with Gasteiger partial charge in [-0.15, -0.1) is 0 Å². The van der Waals surface area contributed by atoms with Gasteiger partial charge < -0.3 is 14.7 Å². The molecule has 0 aliphatic carbocycles. The van der Waals surface area contributed by atoms with Crippen LogP contribution in [0.1, 0.15) is 18.4 Å². The van der Waals surface area contributed by atoms with Gasteiger partial charge in [0.05, 0.1) is 11.9 Å². The zero-order chi connectivity index (χ0) is 22.3. The number of hydrogen-bond acceptors (Lipinski definition) is 7. The molecule has 1 fully saturated rings. The smallest absolute Gasteiger partial charge is 0.321 e. The molecule has 5 rings (SSSR count). The summed E-state index contributed by atoms with van der Waals surface area (Å²) in [6, 6.07) is 6.15. The van der Waals surface area contributed by atoms with Crippen molar-refractivity contribution in [3.63, 3.8) is 0 Å². The van der Waals surface area contributed by atoms with Crippen molar-refractivity contribution in [3.05, 3.63) is 55.1 Å². The number of hydrogen-bond donors (Lipinski definition) is 1. The van der Waals surface area contributed by atoms with Gasteiger partial charge in [0.1, 0.15) is 5.65 Å². The molecule has 0 amide bonds. The Balaban J connectivity index is 1.42. The number of likely N-dealkylation sites (tertiary alicyclic amines) is 1. The summed E-state index contributed by atoms with van der Waals surface area (Å²) in [6.45, 7) is 4.69. The second-order valence-corrected chi connectivity index (χ2v) is 7.72. The predicted molar refractivity (Wildman–Crippen MR) is 116 cm³/mol. The number of piperidine rings is 1. The molecular weight excluding hydrogens is 416 g/mol. The average Bonchev–Trinajstić information content (AvgIpc) is 3.45. The van der Waals surface area contributed by atoms with Crippen LogP contribution in [0.2, 0.25) is 0 Å². The lowest BCUT2D eigenvalue weighted by Crippen LogP contribution is -2.38. The van der Waals surface area contributed by atoms with Gasteiger partial charge >= 0.3 is 6.01 Å². The Morgan fingerprint density at radius 1 is 1.19 bits per heavy atom. The molecule has 0 atom stereocenters. The Hall–Kier alpha value is -3.82. The highest BCUT2D eigenvalue weighted by Gasteiger charge is 2.34. The molecule has 0 spiro atoms. The van der Waals surface area contributed by atoms with Gasteiger partial charge in [-0.25, -0.2) is 13.8 Å². The Labute approximate surface area is 182 Å². The monoisotopic (exact) mass is 437 g/mol. The molecular formula is C22H21F2N7O. The van der Waals surface area contributed by atoms with E-state index in [0.29, 0.717) is 23.1 Å². The number of pyridine rings is 2. The van der Waals surface area contributed by atoms with E-state index >= 15 is 0 Å². The van der Waals surface area contributed by atoms with Gasteiger partial charge in [-0.05, 0) is 18.2 Å². The summed E-state index contributed by atoms with van der Waals surface area (Å²) >= 11 is 0. The van der Waals surface area contributed by atoms with E-state index in [9.17, 15) is 8.78 Å². The van der Waals surface area contributed by atoms with E-state index in [1.165, 1.54) is 0 Å². The van der Waals surface area contributed by atoms with Gasteiger partial charge in [-0.2, -0.15) is 4.98 Å². The van der Waals surface area contributed by atoms with Crippen molar-refractivity contribution in [2.45, 2.75) is 18.8 Å². The second kappa shape index (κ2) is 7.70. The van der Waals surface area contributed by atoms with Crippen LogP contribution in [0.3, 0.4) is 0 Å². The summed E-state index contributed by atoms with van der Waals surface area (Å²) in [5.41, 5.74) is 3.78. The van der Waals surface area contributed by atoms with Crippen LogP contribution in [-0.2, 0) is 0 Å². The van der Waals surface area contributed by atoms with Crippen molar-refractivity contribution in [2.24, 2.45) is 0 Å². The third kappa shape index (κ3) is 3.68. The van der Waals surface area contributed by atoms with Gasteiger partial charge in [-0.3, -0.25) is 9.55 Å². The van der Waals surface area contributed by atoms with E-state index < -0.39 is 5.92 Å². The van der Waals surface area contributed by atoms with Crippen LogP contribution >= 0.6 is 0 Å². The summed E-state index contributed by atoms with van der Waals surface area (Å²) < 4.78 is 34.0. The van der Waals surface area contributed by atoms with Crippen LogP contribution in [0, 0.1) is 0 Å². The molecule has 0 aromatic carbocycles. The third-order valence-electron chi connectivity index (χ3n) is 5.64. The van der Waals surface area contributed by atoms with Crippen molar-refractivity contribution >= 4 is 22.7 Å². The fourth-order valence-electron chi connectivity index (χ4n) is 3.80. The number of aromatic nitrogens is 5. The van der Waals surface area contributed by atoms with Crippen molar-refractivity contribution in [1.29, 1.82) is 0 Å². The van der Waals surface area contributed by atoms with Crippen LogP contribution in [0.15, 0.2) is 54.1 Å². The standard InChI is InChI=1S/C22H21F2N7O/c1-14(30-7-4-22(23,24)5-8-30)16-9-15-3-6-31(20(15)27-12-16)18-10-17(11-26-13-18)19-28-21(25-2)32-29-19/h3,6,9-13H,1,4-5,7-8H2,2H3,(H,25,28,29). The first-order valence-electron chi connectivity index (χ1n) is 10.2. The van der Waals surface area contributed by atoms with Gasteiger partial charge in [0.25, 0.3) is 5.92 Å². The molecule has 1 aliphatic heterocycles. The SMILES string of the molecule is C=C(c1cnc2c(ccn2-c2cncc(-c3noc(NC)n3)c2)c1)N1CCC(F)(F)CC1. The van der Waals surface area contributed by atoms with Gasteiger partial charge in [0.15, 0.2) is 0 Å². The average molecular weight is 437 g/mol. The van der Waals surface area contributed by atoms with Gasteiger partial charge in [0.2, 0.25) is 5.82 Å². The Morgan fingerprint density at radius 3 is 2.75 bits per heavy atom. The van der Waals surface area contributed by atoms with E-state index in [2.05, 4.69) is 32.0 Å². The van der Waals surface area contributed by atoms with Crippen LogP contribution in [-0.4, -0.2) is 55.6 Å². The molecule has 4 aromatic rings. The number of alkyl halides is 2. The zero-order valence-electron chi connectivity index (χ0n) is 17.4. The number of fused-ring (bicyclic) bond motifs is 1. The molecule has 4 aromatic heterocycles. The highest BCUT2D eigenvalue weighted by atomic mass is 19.3. The number of anilines is 1. The minimum atomic E-state index is -2.59. The minimum absolute atomic E-state index is 0.155. The van der Waals surface area contributed by atoms with Crippen molar-refractivity contribution in [2.75, 3.05) is 25.5 Å². The van der Waals surface area contributed by atoms with E-state index in [1.807, 2.05) is 33.9 Å². The molecule has 0 bridgehead atoms. The molecule has 0 radical (unpaired) electrons. The fourth-order valence-corrected chi connectivity index (χ4v) is 3.80. The van der Waals surface area contributed by atoms with Crippen molar-refractivity contribution in [1.82, 2.24) is 29.6 Å². The molecule has 0 unspecified atom stereocenters. The fraction of sp³-hybridized carbons (Fsp3) is 0.273. The summed E-state index contributed by atoms with van der Waals surface area (Å²) in [4.78, 5) is 15.1. The molecule has 8 nitrogen and oxygen atoms in total. The quantitative estimate of drug-likeness (QED) is 0.501. The molecule has 1 N–H and O–H groups in total. The first kappa shape index (κ1) is 20.1. The lowest BCUT2D eigenvalue weighted by Gasteiger charge is -2.34. The van der Waals surface area contributed by atoms with Gasteiger partial charge in [-0.1, -0.05) is 11.7 Å². The Morgan fingerprint density at radius 2 is 2.00 bits per heavy atom. The maximum Gasteiger partial charge on any atom is 0.321 e.